The van der Waals surface area contributed by atoms with Crippen molar-refractivity contribution in [2.75, 3.05) is 0 Å². The molecule has 1 unspecified atom stereocenters. The minimum atomic E-state index is -2.91. The molecule has 0 aromatic heterocycles. The van der Waals surface area contributed by atoms with Gasteiger partial charge < -0.3 is 30.0 Å². The van der Waals surface area contributed by atoms with Crippen molar-refractivity contribution in [1.82, 2.24) is 0 Å². The molecule has 0 aliphatic rings. The van der Waals surface area contributed by atoms with E-state index in [2.05, 4.69) is 0 Å². The minimum Gasteiger partial charge on any atom is -0.550 e. The Morgan fingerprint density at radius 3 is 1.79 bits per heavy atom. The first-order valence-corrected chi connectivity index (χ1v) is 3.13. The van der Waals surface area contributed by atoms with Crippen LogP contribution in [0.1, 0.15) is 12.8 Å². The Balaban J connectivity index is 0. The number of hydrogen-bond acceptors (Lipinski definition) is 6. The number of carbonyl (C=O) groups excluding carboxylic acids is 2. The maximum atomic E-state index is 10.2. The van der Waals surface area contributed by atoms with Gasteiger partial charge >= 0.3 is 5.97 Å². The molecule has 8 heteroatoms. The molecule has 7 nitrogen and oxygen atoms in total. The van der Waals surface area contributed by atoms with Crippen molar-refractivity contribution in [2.45, 2.75) is 18.4 Å². The first-order valence-electron chi connectivity index (χ1n) is 3.13. The predicted molar refractivity (Wildman–Crippen MR) is 31.8 cm³/mol. The maximum Gasteiger partial charge on any atom is 0.306 e. The second kappa shape index (κ2) is 6.24. The Kier molecular flexibility index (Phi) is 7.20. The average molecular weight is 340 g/mol. The molecule has 1 atom stereocenters. The number of carbonyl (C=O) groups is 3. The van der Waals surface area contributed by atoms with E-state index in [0.29, 0.717) is 0 Å². The molecule has 0 saturated heterocycles. The zero-order chi connectivity index (χ0) is 10.6. The number of carboxylic acids is 3. The van der Waals surface area contributed by atoms with Gasteiger partial charge in [0.15, 0.2) is 0 Å². The normalized spacial score (nSPS) is 13.5. The summed E-state index contributed by atoms with van der Waals surface area (Å²) in [5.41, 5.74) is -2.91. The van der Waals surface area contributed by atoms with Crippen LogP contribution in [0.25, 0.3) is 0 Å². The summed E-state index contributed by atoms with van der Waals surface area (Å²) in [5.74, 6) is -5.67. The van der Waals surface area contributed by atoms with E-state index >= 15 is 0 Å². The van der Waals surface area contributed by atoms with Gasteiger partial charge in [-0.2, -0.15) is 0 Å². The predicted octanol–water partition coefficient (Wildman–Crippen LogP) is -3.92. The molecule has 0 amide bonds. The van der Waals surface area contributed by atoms with Gasteiger partial charge in [-0.3, -0.25) is 4.79 Å². The Morgan fingerprint density at radius 1 is 1.14 bits per heavy atom. The van der Waals surface area contributed by atoms with Crippen LogP contribution >= 0.6 is 0 Å². The van der Waals surface area contributed by atoms with Gasteiger partial charge in [-0.25, -0.2) is 0 Å². The number of rotatable bonds is 5. The van der Waals surface area contributed by atoms with Crippen LogP contribution in [0.15, 0.2) is 0 Å². The van der Waals surface area contributed by atoms with E-state index in [4.69, 9.17) is 10.2 Å². The van der Waals surface area contributed by atoms with Gasteiger partial charge in [-0.05, 0) is 0 Å². The monoisotopic (exact) mass is 342 g/mol. The van der Waals surface area contributed by atoms with Gasteiger partial charge in [0, 0.05) is 52.8 Å². The Morgan fingerprint density at radius 2 is 1.57 bits per heavy atom. The van der Waals surface area contributed by atoms with Crippen molar-refractivity contribution in [3.05, 3.63) is 0 Å². The molecule has 0 rings (SSSR count). The molecule has 0 spiro atoms. The smallest absolute Gasteiger partial charge is 0.306 e. The first kappa shape index (κ1) is 16.1. The molecule has 0 bridgehead atoms. The molecule has 0 saturated carbocycles. The summed E-state index contributed by atoms with van der Waals surface area (Å²) in [6.07, 6.45) is -2.56. The van der Waals surface area contributed by atoms with E-state index < -0.39 is 36.4 Å². The Labute approximate surface area is 111 Å². The molecule has 14 heavy (non-hydrogen) atoms. The van der Waals surface area contributed by atoms with E-state index in [-0.39, 0.29) is 40.4 Å². The third-order valence-electron chi connectivity index (χ3n) is 1.26. The zero-order valence-corrected chi connectivity index (χ0v) is 9.38. The molecular weight excluding hydrogens is 334 g/mol. The van der Waals surface area contributed by atoms with Crippen LogP contribution in [-0.4, -0.2) is 33.7 Å². The standard InChI is InChI=1S/C6H8O7.Sm/c7-3(8)1-6(13,5(11)12)2-4(9)10;/h13H,1-2H2,(H,7,8)(H,9,10)(H,11,12);/p-2. The number of hydrogen-bond donors (Lipinski definition) is 2. The zero-order valence-electron chi connectivity index (χ0n) is 6.76. The largest absolute Gasteiger partial charge is 0.550 e. The van der Waals surface area contributed by atoms with Crippen molar-refractivity contribution in [2.24, 2.45) is 0 Å². The van der Waals surface area contributed by atoms with Crippen molar-refractivity contribution < 1.29 is 75.2 Å². The first-order chi connectivity index (χ1) is 5.78. The second-order valence-electron chi connectivity index (χ2n) is 2.44. The van der Waals surface area contributed by atoms with Crippen molar-refractivity contribution in [3.8, 4) is 0 Å². The summed E-state index contributed by atoms with van der Waals surface area (Å²) in [4.78, 5) is 30.2. The average Bonchev–Trinajstić information content (AvgIpc) is 1.82. The summed E-state index contributed by atoms with van der Waals surface area (Å²) >= 11 is 0. The third-order valence-corrected chi connectivity index (χ3v) is 1.26. The van der Waals surface area contributed by atoms with Crippen LogP contribution in [0.4, 0.5) is 0 Å². The fraction of sp³-hybridized carbons (Fsp3) is 0.500. The van der Waals surface area contributed by atoms with Crippen LogP contribution < -0.4 is 10.2 Å². The van der Waals surface area contributed by atoms with Gasteiger partial charge in [0.25, 0.3) is 0 Å². The van der Waals surface area contributed by atoms with E-state index in [1.807, 2.05) is 0 Å². The van der Waals surface area contributed by atoms with Gasteiger partial charge in [-0.15, -0.1) is 0 Å². The van der Waals surface area contributed by atoms with Gasteiger partial charge in [-0.1, -0.05) is 0 Å². The minimum absolute atomic E-state index is 0. The van der Waals surface area contributed by atoms with Gasteiger partial charge in [0.05, 0.1) is 12.4 Å². The number of aliphatic carboxylic acids is 3. The Bertz CT molecular complexity index is 233. The van der Waals surface area contributed by atoms with Crippen LogP contribution in [0.2, 0.25) is 0 Å². The van der Waals surface area contributed by atoms with Crippen LogP contribution in [0, 0.1) is 40.4 Å². The van der Waals surface area contributed by atoms with Crippen LogP contribution in [0.3, 0.4) is 0 Å². The summed E-state index contributed by atoms with van der Waals surface area (Å²) in [6.45, 7) is 0. The summed E-state index contributed by atoms with van der Waals surface area (Å²) in [5, 5.41) is 37.2. The van der Waals surface area contributed by atoms with Crippen molar-refractivity contribution >= 4 is 17.9 Å². The summed E-state index contributed by atoms with van der Waals surface area (Å²) in [6, 6.07) is 0. The van der Waals surface area contributed by atoms with E-state index in [1.54, 1.807) is 0 Å². The van der Waals surface area contributed by atoms with E-state index in [0.717, 1.165) is 0 Å². The van der Waals surface area contributed by atoms with Crippen LogP contribution in [-0.2, 0) is 14.4 Å². The van der Waals surface area contributed by atoms with Gasteiger partial charge in [0.1, 0.15) is 5.60 Å². The Hall–Kier alpha value is -0.292. The number of carboxylic acid groups (broad SMARTS) is 3. The molecule has 0 fully saturated rings. The molecule has 0 aliphatic carbocycles. The van der Waals surface area contributed by atoms with Crippen LogP contribution in [0.5, 0.6) is 0 Å². The van der Waals surface area contributed by atoms with Crippen molar-refractivity contribution in [3.63, 3.8) is 0 Å². The number of aliphatic hydroxyl groups is 1. The molecular formula is C6H6O7Sm-2. The van der Waals surface area contributed by atoms with E-state index in [1.165, 1.54) is 0 Å². The van der Waals surface area contributed by atoms with Crippen molar-refractivity contribution in [1.29, 1.82) is 0 Å². The molecule has 80 valence electrons. The second-order valence-corrected chi connectivity index (χ2v) is 2.44. The van der Waals surface area contributed by atoms with Gasteiger partial charge in [0.2, 0.25) is 0 Å². The third kappa shape index (κ3) is 5.44. The molecule has 0 aromatic rings. The SMILES string of the molecule is O=C([O-])CC(O)(CC(=O)O)C(=O)[O-].[Sm]. The topological polar surface area (TPSA) is 138 Å². The fourth-order valence-electron chi connectivity index (χ4n) is 0.696. The summed E-state index contributed by atoms with van der Waals surface area (Å²) in [7, 11) is 0. The molecule has 0 aromatic carbocycles. The fourth-order valence-corrected chi connectivity index (χ4v) is 0.696. The molecule has 2 N–H and O–H groups in total. The quantitative estimate of drug-likeness (QED) is 0.521. The molecule has 0 aliphatic heterocycles. The molecule has 0 radical (unpaired) electrons. The van der Waals surface area contributed by atoms with E-state index in [9.17, 15) is 24.6 Å². The molecule has 0 heterocycles. The summed E-state index contributed by atoms with van der Waals surface area (Å²) < 4.78 is 0. The maximum absolute atomic E-state index is 10.2.